The second kappa shape index (κ2) is 9.94. The minimum Gasteiger partial charge on any atom is -0.744 e. The minimum absolute atomic E-state index is 0. The van der Waals surface area contributed by atoms with Crippen molar-refractivity contribution < 1.29 is 56.8 Å². The van der Waals surface area contributed by atoms with Crippen LogP contribution in [0.3, 0.4) is 0 Å². The van der Waals surface area contributed by atoms with Crippen LogP contribution >= 0.6 is 0 Å². The Bertz CT molecular complexity index is 805. The van der Waals surface area contributed by atoms with Gasteiger partial charge in [-0.15, -0.1) is 0 Å². The number of hydrogen-bond acceptors (Lipinski definition) is 6. The summed E-state index contributed by atoms with van der Waals surface area (Å²) in [5.74, 6) is -0.772. The number of carbonyl (C=O) groups is 1. The number of unbranched alkanes of at least 4 members (excludes halogenated alkanes) is 1. The van der Waals surface area contributed by atoms with Crippen molar-refractivity contribution in [1.29, 1.82) is 0 Å². The van der Waals surface area contributed by atoms with Gasteiger partial charge in [0.25, 0.3) is 0 Å². The summed E-state index contributed by atoms with van der Waals surface area (Å²) in [5, 5.41) is 0. The predicted octanol–water partition coefficient (Wildman–Crippen LogP) is -0.00720. The SMILES string of the molecule is CCCCOc1ccc(S(=O)(=O)[O-])c(OC(=O)c2ccccc2)c1.[Na+]. The smallest absolute Gasteiger partial charge is 0.744 e. The van der Waals surface area contributed by atoms with Crippen molar-refractivity contribution >= 4 is 16.1 Å². The fourth-order valence-electron chi connectivity index (χ4n) is 1.93. The number of hydrogen-bond donors (Lipinski definition) is 0. The molecule has 0 aromatic heterocycles. The van der Waals surface area contributed by atoms with E-state index in [1.54, 1.807) is 18.2 Å². The summed E-state index contributed by atoms with van der Waals surface area (Å²) in [6, 6.07) is 11.7. The maximum atomic E-state index is 12.1. The molecule has 0 saturated heterocycles. The van der Waals surface area contributed by atoms with Crippen LogP contribution < -0.4 is 39.0 Å². The normalized spacial score (nSPS) is 10.6. The first-order chi connectivity index (χ1) is 11.4. The standard InChI is InChI=1S/C17H18O6S.Na/c1-2-3-11-22-14-9-10-16(24(19,20)21)15(12-14)23-17(18)13-7-5-4-6-8-13;/h4-10,12H,2-3,11H2,1H3,(H,19,20,21);/q;+1/p-1. The summed E-state index contributed by atoms with van der Waals surface area (Å²) in [6.45, 7) is 2.44. The van der Waals surface area contributed by atoms with Crippen LogP contribution in [0.4, 0.5) is 0 Å². The van der Waals surface area contributed by atoms with Crippen molar-refractivity contribution in [2.24, 2.45) is 0 Å². The summed E-state index contributed by atoms with van der Waals surface area (Å²) >= 11 is 0. The van der Waals surface area contributed by atoms with Crippen molar-refractivity contribution in [3.8, 4) is 11.5 Å². The van der Waals surface area contributed by atoms with E-state index in [9.17, 15) is 17.8 Å². The molecule has 25 heavy (non-hydrogen) atoms. The Morgan fingerprint density at radius 2 is 1.80 bits per heavy atom. The van der Waals surface area contributed by atoms with E-state index >= 15 is 0 Å². The zero-order valence-corrected chi connectivity index (χ0v) is 16.9. The van der Waals surface area contributed by atoms with Gasteiger partial charge < -0.3 is 14.0 Å². The molecule has 2 aromatic carbocycles. The third-order valence-electron chi connectivity index (χ3n) is 3.16. The molecule has 0 aliphatic carbocycles. The fraction of sp³-hybridized carbons (Fsp3) is 0.235. The molecule has 0 amide bonds. The van der Waals surface area contributed by atoms with Gasteiger partial charge in [0, 0.05) is 6.07 Å². The Labute approximate surface area is 169 Å². The van der Waals surface area contributed by atoms with E-state index in [2.05, 4.69) is 0 Å². The van der Waals surface area contributed by atoms with Gasteiger partial charge in [-0.1, -0.05) is 31.5 Å². The summed E-state index contributed by atoms with van der Waals surface area (Å²) in [6.07, 6.45) is 1.75. The molecule has 0 bridgehead atoms. The zero-order valence-electron chi connectivity index (χ0n) is 14.1. The van der Waals surface area contributed by atoms with Crippen LogP contribution in [0, 0.1) is 0 Å². The molecular weight excluding hydrogens is 355 g/mol. The number of rotatable bonds is 7. The average molecular weight is 372 g/mol. The van der Waals surface area contributed by atoms with E-state index in [0.29, 0.717) is 12.4 Å². The molecule has 8 heteroatoms. The molecule has 6 nitrogen and oxygen atoms in total. The maximum absolute atomic E-state index is 12.1. The maximum Gasteiger partial charge on any atom is 1.00 e. The molecule has 0 radical (unpaired) electrons. The zero-order chi connectivity index (χ0) is 17.6. The van der Waals surface area contributed by atoms with E-state index < -0.39 is 21.0 Å². The Kier molecular flexibility index (Phi) is 8.61. The first kappa shape index (κ1) is 21.7. The van der Waals surface area contributed by atoms with Gasteiger partial charge in [-0.05, 0) is 30.7 Å². The molecule has 0 aliphatic rings. The second-order valence-electron chi connectivity index (χ2n) is 5.02. The number of carbonyl (C=O) groups excluding carboxylic acids is 1. The second-order valence-corrected chi connectivity index (χ2v) is 6.37. The predicted molar refractivity (Wildman–Crippen MR) is 86.2 cm³/mol. The van der Waals surface area contributed by atoms with E-state index in [-0.39, 0.29) is 40.9 Å². The van der Waals surface area contributed by atoms with Gasteiger partial charge in [-0.25, -0.2) is 13.2 Å². The quantitative estimate of drug-likeness (QED) is 0.223. The molecule has 0 spiro atoms. The van der Waals surface area contributed by atoms with Crippen LogP contribution in [0.5, 0.6) is 11.5 Å². The molecule has 0 atom stereocenters. The summed E-state index contributed by atoms with van der Waals surface area (Å²) in [4.78, 5) is 11.5. The monoisotopic (exact) mass is 372 g/mol. The number of ether oxygens (including phenoxy) is 2. The van der Waals surface area contributed by atoms with Crippen LogP contribution in [0.15, 0.2) is 53.4 Å². The van der Waals surface area contributed by atoms with E-state index in [0.717, 1.165) is 18.9 Å². The summed E-state index contributed by atoms with van der Waals surface area (Å²) in [5.41, 5.74) is 0.240. The van der Waals surface area contributed by atoms with Gasteiger partial charge in [-0.2, -0.15) is 0 Å². The molecule has 128 valence electrons. The molecule has 2 rings (SSSR count). The van der Waals surface area contributed by atoms with E-state index in [4.69, 9.17) is 9.47 Å². The molecule has 0 N–H and O–H groups in total. The van der Waals surface area contributed by atoms with Crippen molar-refractivity contribution in [1.82, 2.24) is 0 Å². The van der Waals surface area contributed by atoms with E-state index in [1.807, 2.05) is 6.92 Å². The first-order valence-electron chi connectivity index (χ1n) is 7.42. The molecular formula is C17H17NaO6S. The van der Waals surface area contributed by atoms with Crippen molar-refractivity contribution in [2.75, 3.05) is 6.61 Å². The number of esters is 1. The van der Waals surface area contributed by atoms with Crippen LogP contribution in [0.25, 0.3) is 0 Å². The van der Waals surface area contributed by atoms with Crippen molar-refractivity contribution in [3.63, 3.8) is 0 Å². The van der Waals surface area contributed by atoms with Gasteiger partial charge in [0.1, 0.15) is 15.9 Å². The minimum atomic E-state index is -4.79. The number of benzene rings is 2. The van der Waals surface area contributed by atoms with Gasteiger partial charge in [0.2, 0.25) is 0 Å². The van der Waals surface area contributed by atoms with E-state index in [1.165, 1.54) is 24.3 Å². The van der Waals surface area contributed by atoms with Gasteiger partial charge >= 0.3 is 35.5 Å². The molecule has 0 fully saturated rings. The Morgan fingerprint density at radius 3 is 2.40 bits per heavy atom. The Balaban J connectivity index is 0.00000312. The van der Waals surface area contributed by atoms with Gasteiger partial charge in [0.15, 0.2) is 5.75 Å². The molecule has 0 heterocycles. The topological polar surface area (TPSA) is 92.7 Å². The fourth-order valence-corrected chi connectivity index (χ4v) is 2.51. The largest absolute Gasteiger partial charge is 1.00 e. The Morgan fingerprint density at radius 1 is 1.12 bits per heavy atom. The summed E-state index contributed by atoms with van der Waals surface area (Å²) < 4.78 is 44.6. The van der Waals surface area contributed by atoms with Gasteiger partial charge in [0.05, 0.1) is 17.1 Å². The average Bonchev–Trinajstić information content (AvgIpc) is 2.55. The summed E-state index contributed by atoms with van der Waals surface area (Å²) in [7, 11) is -4.79. The van der Waals surface area contributed by atoms with Crippen LogP contribution in [-0.4, -0.2) is 25.5 Å². The van der Waals surface area contributed by atoms with Crippen LogP contribution in [0.1, 0.15) is 30.1 Å². The van der Waals surface area contributed by atoms with Crippen LogP contribution in [0.2, 0.25) is 0 Å². The van der Waals surface area contributed by atoms with Crippen LogP contribution in [-0.2, 0) is 10.1 Å². The first-order valence-corrected chi connectivity index (χ1v) is 8.82. The third-order valence-corrected chi connectivity index (χ3v) is 4.04. The Hall–Kier alpha value is -1.38. The molecule has 2 aromatic rings. The third kappa shape index (κ3) is 6.45. The molecule has 0 unspecified atom stereocenters. The van der Waals surface area contributed by atoms with Crippen molar-refractivity contribution in [3.05, 3.63) is 54.1 Å². The molecule has 0 saturated carbocycles. The molecule has 0 aliphatic heterocycles. The van der Waals surface area contributed by atoms with Crippen molar-refractivity contribution in [2.45, 2.75) is 24.7 Å². The van der Waals surface area contributed by atoms with Gasteiger partial charge in [-0.3, -0.25) is 0 Å².